The topological polar surface area (TPSA) is 77.2 Å². The van der Waals surface area contributed by atoms with Crippen LogP contribution in [0.4, 0.5) is 0 Å². The van der Waals surface area contributed by atoms with E-state index in [-0.39, 0.29) is 12.0 Å². The molecule has 0 amide bonds. The highest BCUT2D eigenvalue weighted by molar-refractivity contribution is 5.82. The Balaban J connectivity index is 1.24. The van der Waals surface area contributed by atoms with Gasteiger partial charge in [0, 0.05) is 6.54 Å². The molecule has 1 saturated carbocycles. The van der Waals surface area contributed by atoms with Crippen LogP contribution >= 0.6 is 0 Å². The maximum absolute atomic E-state index is 11.8. The predicted octanol–water partition coefficient (Wildman–Crippen LogP) is 3.97. The number of carbonyl (C=O) groups is 2. The van der Waals surface area contributed by atoms with E-state index in [2.05, 4.69) is 11.9 Å². The molecule has 6 heteroatoms. The number of esters is 1. The third-order valence-electron chi connectivity index (χ3n) is 6.00. The van der Waals surface area contributed by atoms with Gasteiger partial charge in [0.05, 0.1) is 25.9 Å². The second-order valence-electron chi connectivity index (χ2n) is 8.58. The van der Waals surface area contributed by atoms with E-state index in [0.717, 1.165) is 62.5 Å². The van der Waals surface area contributed by atoms with Gasteiger partial charge in [0.2, 0.25) is 0 Å². The molecular formula is C25H35NO5. The Morgan fingerprint density at radius 2 is 2.00 bits per heavy atom. The average molecular weight is 430 g/mol. The van der Waals surface area contributed by atoms with Gasteiger partial charge in [-0.25, -0.2) is 4.79 Å². The summed E-state index contributed by atoms with van der Waals surface area (Å²) in [5.74, 6) is 1.16. The lowest BCUT2D eigenvalue weighted by molar-refractivity contribution is -0.149. The molecular weight excluding hydrogens is 394 g/mol. The van der Waals surface area contributed by atoms with E-state index < -0.39 is 5.60 Å². The molecule has 31 heavy (non-hydrogen) atoms. The summed E-state index contributed by atoms with van der Waals surface area (Å²) in [6.07, 6.45) is 7.67. The summed E-state index contributed by atoms with van der Waals surface area (Å²) in [7, 11) is 0. The van der Waals surface area contributed by atoms with Crippen molar-refractivity contribution in [1.82, 2.24) is 5.32 Å². The molecule has 0 spiro atoms. The van der Waals surface area contributed by atoms with Crippen LogP contribution in [0.1, 0.15) is 57.4 Å². The molecule has 3 rings (SSSR count). The number of allylic oxidation sites excluding steroid dienone is 1. The lowest BCUT2D eigenvalue weighted by atomic mass is 10.0. The first-order chi connectivity index (χ1) is 15.1. The zero-order chi connectivity index (χ0) is 22.1. The molecule has 0 aromatic heterocycles. The maximum atomic E-state index is 11.8. The van der Waals surface area contributed by atoms with Crippen LogP contribution in [0.15, 0.2) is 36.4 Å². The number of rotatable bonds is 16. The Labute approximate surface area is 185 Å². The Morgan fingerprint density at radius 1 is 1.29 bits per heavy atom. The van der Waals surface area contributed by atoms with E-state index in [9.17, 15) is 9.59 Å². The Hall–Kier alpha value is -2.18. The highest BCUT2D eigenvalue weighted by atomic mass is 16.6. The standard InChI is InChI=1S/C25H35NO5/c1-3-29-24(28)25(18-31-25)12-6-4-5-7-13-30-23-10-8-20(9-11-23)16-26-22(17-27)15-21-14-19(21)2/h8-11,17,21-22,26H,2-7,12-16,18H2,1H3. The number of unbranched alkanes of at least 4 members (excludes halogenated alkanes) is 3. The third-order valence-corrected chi connectivity index (χ3v) is 6.00. The summed E-state index contributed by atoms with van der Waals surface area (Å²) in [5.41, 5.74) is 1.74. The number of ether oxygens (including phenoxy) is 3. The fraction of sp³-hybridized carbons (Fsp3) is 0.600. The minimum Gasteiger partial charge on any atom is -0.494 e. The predicted molar refractivity (Wildman–Crippen MR) is 119 cm³/mol. The number of benzene rings is 1. The fourth-order valence-corrected chi connectivity index (χ4v) is 3.72. The number of nitrogens with one attached hydrogen (secondary N) is 1. The van der Waals surface area contributed by atoms with E-state index in [1.165, 1.54) is 5.57 Å². The Kier molecular flexibility index (Phi) is 8.67. The van der Waals surface area contributed by atoms with Gasteiger partial charge in [-0.05, 0) is 62.6 Å². The first-order valence-corrected chi connectivity index (χ1v) is 11.5. The van der Waals surface area contributed by atoms with Crippen molar-refractivity contribution in [2.24, 2.45) is 5.92 Å². The average Bonchev–Trinajstić information content (AvgIpc) is 3.70. The van der Waals surface area contributed by atoms with Gasteiger partial charge in [0.1, 0.15) is 12.0 Å². The molecule has 1 heterocycles. The monoisotopic (exact) mass is 429 g/mol. The lowest BCUT2D eigenvalue weighted by Gasteiger charge is -2.12. The van der Waals surface area contributed by atoms with E-state index in [1.807, 2.05) is 31.2 Å². The Bertz CT molecular complexity index is 741. The smallest absolute Gasteiger partial charge is 0.340 e. The van der Waals surface area contributed by atoms with Crippen LogP contribution in [0.3, 0.4) is 0 Å². The number of carbonyl (C=O) groups excluding carboxylic acids is 2. The molecule has 6 nitrogen and oxygen atoms in total. The Morgan fingerprint density at radius 3 is 2.61 bits per heavy atom. The summed E-state index contributed by atoms with van der Waals surface area (Å²) in [6, 6.07) is 7.90. The van der Waals surface area contributed by atoms with Gasteiger partial charge < -0.3 is 24.3 Å². The second kappa shape index (κ2) is 11.4. The molecule has 0 bridgehead atoms. The first kappa shape index (κ1) is 23.5. The summed E-state index contributed by atoms with van der Waals surface area (Å²) >= 11 is 0. The van der Waals surface area contributed by atoms with Crippen LogP contribution < -0.4 is 10.1 Å². The summed E-state index contributed by atoms with van der Waals surface area (Å²) < 4.78 is 16.2. The van der Waals surface area contributed by atoms with Crippen molar-refractivity contribution < 1.29 is 23.8 Å². The summed E-state index contributed by atoms with van der Waals surface area (Å²) in [5, 5.41) is 3.31. The first-order valence-electron chi connectivity index (χ1n) is 11.5. The van der Waals surface area contributed by atoms with Crippen molar-refractivity contribution in [2.75, 3.05) is 19.8 Å². The van der Waals surface area contributed by atoms with Gasteiger partial charge in [-0.1, -0.05) is 37.1 Å². The second-order valence-corrected chi connectivity index (χ2v) is 8.58. The fourth-order valence-electron chi connectivity index (χ4n) is 3.72. The van der Waals surface area contributed by atoms with Crippen molar-refractivity contribution in [2.45, 2.75) is 70.1 Å². The van der Waals surface area contributed by atoms with E-state index in [4.69, 9.17) is 14.2 Å². The van der Waals surface area contributed by atoms with Gasteiger partial charge in [0.25, 0.3) is 0 Å². The van der Waals surface area contributed by atoms with Crippen LogP contribution in [0, 0.1) is 5.92 Å². The SMILES string of the molecule is C=C1CC1CC(C=O)NCc1ccc(OCCCCCCC2(C(=O)OCC)CO2)cc1. The minimum atomic E-state index is -0.651. The van der Waals surface area contributed by atoms with Crippen molar-refractivity contribution in [3.63, 3.8) is 0 Å². The van der Waals surface area contributed by atoms with Gasteiger partial charge >= 0.3 is 5.97 Å². The quantitative estimate of drug-likeness (QED) is 0.141. The molecule has 1 saturated heterocycles. The molecule has 0 radical (unpaired) electrons. The van der Waals surface area contributed by atoms with Gasteiger partial charge in [-0.2, -0.15) is 0 Å². The van der Waals surface area contributed by atoms with Crippen LogP contribution in [-0.2, 0) is 25.6 Å². The normalized spacial score (nSPS) is 22.6. The van der Waals surface area contributed by atoms with Gasteiger partial charge in [0.15, 0.2) is 5.60 Å². The lowest BCUT2D eigenvalue weighted by Crippen LogP contribution is -2.30. The number of aldehydes is 1. The van der Waals surface area contributed by atoms with Crippen molar-refractivity contribution >= 4 is 12.3 Å². The zero-order valence-electron chi connectivity index (χ0n) is 18.6. The highest BCUT2D eigenvalue weighted by Crippen LogP contribution is 2.39. The van der Waals surface area contributed by atoms with E-state index >= 15 is 0 Å². The van der Waals surface area contributed by atoms with E-state index in [0.29, 0.717) is 32.3 Å². The van der Waals surface area contributed by atoms with Crippen molar-refractivity contribution in [1.29, 1.82) is 0 Å². The number of hydrogen-bond donors (Lipinski definition) is 1. The molecule has 2 aliphatic rings. The number of epoxide rings is 1. The largest absolute Gasteiger partial charge is 0.494 e. The highest BCUT2D eigenvalue weighted by Gasteiger charge is 2.52. The van der Waals surface area contributed by atoms with Gasteiger partial charge in [-0.15, -0.1) is 0 Å². The molecule has 170 valence electrons. The molecule has 3 atom stereocenters. The molecule has 1 aliphatic heterocycles. The molecule has 2 fully saturated rings. The van der Waals surface area contributed by atoms with E-state index in [1.54, 1.807) is 0 Å². The van der Waals surface area contributed by atoms with Crippen LogP contribution in [0.25, 0.3) is 0 Å². The van der Waals surface area contributed by atoms with Crippen molar-refractivity contribution in [3.05, 3.63) is 42.0 Å². The zero-order valence-corrected chi connectivity index (χ0v) is 18.6. The van der Waals surface area contributed by atoms with Crippen molar-refractivity contribution in [3.8, 4) is 5.75 Å². The van der Waals surface area contributed by atoms with Crippen LogP contribution in [0.5, 0.6) is 5.75 Å². The molecule has 1 N–H and O–H groups in total. The summed E-state index contributed by atoms with van der Waals surface area (Å²) in [4.78, 5) is 23.1. The molecule has 1 aliphatic carbocycles. The molecule has 3 unspecified atom stereocenters. The molecule has 1 aromatic rings. The van der Waals surface area contributed by atoms with Crippen LogP contribution in [-0.4, -0.2) is 43.7 Å². The maximum Gasteiger partial charge on any atom is 0.340 e. The van der Waals surface area contributed by atoms with Gasteiger partial charge in [-0.3, -0.25) is 0 Å². The summed E-state index contributed by atoms with van der Waals surface area (Å²) in [6.45, 7) is 8.00. The molecule has 1 aromatic carbocycles. The third kappa shape index (κ3) is 7.47. The number of hydrogen-bond acceptors (Lipinski definition) is 6. The minimum absolute atomic E-state index is 0.112. The van der Waals surface area contributed by atoms with Crippen LogP contribution in [0.2, 0.25) is 0 Å².